The van der Waals surface area contributed by atoms with Gasteiger partial charge in [-0.25, -0.2) is 4.79 Å². The summed E-state index contributed by atoms with van der Waals surface area (Å²) in [6, 6.07) is 10.0. The number of para-hydroxylation sites is 1. The Kier molecular flexibility index (Phi) is 4.18. The number of hydrogen-bond donors (Lipinski definition) is 2. The average molecular weight is 342 g/mol. The number of primary amides is 1. The maximum Gasteiger partial charge on any atom is 0.349 e. The molecule has 0 aliphatic heterocycles. The molecule has 0 atom stereocenters. The maximum absolute atomic E-state index is 12.4. The molecule has 0 saturated heterocycles. The third-order valence-electron chi connectivity index (χ3n) is 3.51. The molecule has 0 fully saturated rings. The van der Waals surface area contributed by atoms with Crippen LogP contribution in [0.15, 0.2) is 45.6 Å². The molecule has 0 aliphatic rings. The predicted molar refractivity (Wildman–Crippen MR) is 92.7 cm³/mol. The summed E-state index contributed by atoms with van der Waals surface area (Å²) in [5, 5.41) is 3.55. The average Bonchev–Trinajstić information content (AvgIpc) is 2.97. The first-order valence-corrected chi connectivity index (χ1v) is 8.08. The van der Waals surface area contributed by atoms with Gasteiger partial charge in [0.1, 0.15) is 16.1 Å². The summed E-state index contributed by atoms with van der Waals surface area (Å²) in [5.41, 5.74) is 5.11. The molecule has 2 aromatic heterocycles. The van der Waals surface area contributed by atoms with Gasteiger partial charge in [0.15, 0.2) is 0 Å². The molecule has 122 valence electrons. The first kappa shape index (κ1) is 15.9. The van der Waals surface area contributed by atoms with Crippen molar-refractivity contribution >= 4 is 39.1 Å². The van der Waals surface area contributed by atoms with E-state index in [9.17, 15) is 14.4 Å². The molecule has 0 radical (unpaired) electrons. The van der Waals surface area contributed by atoms with Crippen molar-refractivity contribution in [2.75, 3.05) is 5.32 Å². The minimum absolute atomic E-state index is 0.129. The van der Waals surface area contributed by atoms with Gasteiger partial charge in [0.05, 0.1) is 5.56 Å². The zero-order valence-electron chi connectivity index (χ0n) is 12.8. The van der Waals surface area contributed by atoms with Crippen molar-refractivity contribution in [3.05, 3.63) is 62.8 Å². The molecule has 0 aliphatic carbocycles. The molecule has 2 heterocycles. The zero-order chi connectivity index (χ0) is 17.3. The number of thiophene rings is 1. The molecule has 3 rings (SSSR count). The summed E-state index contributed by atoms with van der Waals surface area (Å²) in [6.45, 7) is 1.93. The molecule has 3 aromatic rings. The molecule has 0 saturated carbocycles. The molecule has 2 amide bonds. The van der Waals surface area contributed by atoms with Crippen molar-refractivity contribution in [2.45, 2.75) is 13.3 Å². The Morgan fingerprint density at radius 2 is 1.96 bits per heavy atom. The number of rotatable bonds is 4. The van der Waals surface area contributed by atoms with Gasteiger partial charge < -0.3 is 15.5 Å². The van der Waals surface area contributed by atoms with Gasteiger partial charge in [0.25, 0.3) is 11.8 Å². The van der Waals surface area contributed by atoms with Crippen LogP contribution in [-0.2, 0) is 6.42 Å². The fourth-order valence-corrected chi connectivity index (χ4v) is 3.28. The van der Waals surface area contributed by atoms with Gasteiger partial charge in [-0.1, -0.05) is 25.1 Å². The molecule has 1 aromatic carbocycles. The predicted octanol–water partition coefficient (Wildman–Crippen LogP) is 2.77. The number of anilines is 1. The maximum atomic E-state index is 12.4. The third kappa shape index (κ3) is 2.93. The number of amides is 2. The van der Waals surface area contributed by atoms with Crippen molar-refractivity contribution in [1.82, 2.24) is 0 Å². The Morgan fingerprint density at radius 1 is 1.21 bits per heavy atom. The lowest BCUT2D eigenvalue weighted by molar-refractivity contribution is 0.100. The zero-order valence-corrected chi connectivity index (χ0v) is 13.6. The number of nitrogens with one attached hydrogen (secondary N) is 1. The topological polar surface area (TPSA) is 102 Å². The molecular formula is C17H14N2O4S. The van der Waals surface area contributed by atoms with E-state index in [1.54, 1.807) is 30.3 Å². The molecule has 3 N–H and O–H groups in total. The molecule has 0 spiro atoms. The van der Waals surface area contributed by atoms with E-state index >= 15 is 0 Å². The number of fused-ring (bicyclic) bond motifs is 1. The Bertz CT molecular complexity index is 1000. The summed E-state index contributed by atoms with van der Waals surface area (Å²) in [4.78, 5) is 36.9. The largest absolute Gasteiger partial charge is 0.422 e. The Hall–Kier alpha value is -2.93. The van der Waals surface area contributed by atoms with Crippen LogP contribution in [0.2, 0.25) is 0 Å². The summed E-state index contributed by atoms with van der Waals surface area (Å²) in [6.07, 6.45) is 0.707. The molecule has 0 unspecified atom stereocenters. The number of carbonyl (C=O) groups is 2. The van der Waals surface area contributed by atoms with Crippen molar-refractivity contribution in [1.29, 1.82) is 0 Å². The number of aryl methyl sites for hydroxylation is 1. The van der Waals surface area contributed by atoms with Crippen LogP contribution < -0.4 is 16.7 Å². The van der Waals surface area contributed by atoms with E-state index in [0.717, 1.165) is 4.88 Å². The molecular weight excluding hydrogens is 328 g/mol. The van der Waals surface area contributed by atoms with E-state index in [1.807, 2.05) is 6.92 Å². The Morgan fingerprint density at radius 3 is 2.67 bits per heavy atom. The van der Waals surface area contributed by atoms with Gasteiger partial charge in [-0.3, -0.25) is 9.59 Å². The van der Waals surface area contributed by atoms with Gasteiger partial charge >= 0.3 is 5.63 Å². The first-order chi connectivity index (χ1) is 11.5. The summed E-state index contributed by atoms with van der Waals surface area (Å²) < 4.78 is 5.15. The fourth-order valence-electron chi connectivity index (χ4n) is 2.28. The van der Waals surface area contributed by atoms with Gasteiger partial charge in [-0.05, 0) is 24.6 Å². The lowest BCUT2D eigenvalue weighted by Gasteiger charge is -2.04. The standard InChI is InChI=1S/C17H14N2O4S/c1-2-10-8-11(14(18)20)16(24-10)19-15(21)12-7-9-5-3-4-6-13(9)23-17(12)22/h3-8H,2H2,1H3,(H2,18,20)(H,19,21). The van der Waals surface area contributed by atoms with E-state index in [-0.39, 0.29) is 11.1 Å². The molecule has 0 bridgehead atoms. The second-order valence-corrected chi connectivity index (χ2v) is 6.25. The highest BCUT2D eigenvalue weighted by molar-refractivity contribution is 7.16. The second kappa shape index (κ2) is 6.29. The highest BCUT2D eigenvalue weighted by Gasteiger charge is 2.19. The van der Waals surface area contributed by atoms with Crippen LogP contribution in [-0.4, -0.2) is 11.8 Å². The summed E-state index contributed by atoms with van der Waals surface area (Å²) in [5.74, 6) is -1.27. The highest BCUT2D eigenvalue weighted by Crippen LogP contribution is 2.28. The van der Waals surface area contributed by atoms with E-state index in [1.165, 1.54) is 17.4 Å². The quantitative estimate of drug-likeness (QED) is 0.712. The van der Waals surface area contributed by atoms with E-state index in [2.05, 4.69) is 5.32 Å². The van der Waals surface area contributed by atoms with Crippen LogP contribution >= 0.6 is 11.3 Å². The van der Waals surface area contributed by atoms with Gasteiger partial charge in [-0.2, -0.15) is 0 Å². The lowest BCUT2D eigenvalue weighted by Crippen LogP contribution is -2.22. The molecule has 7 heteroatoms. The first-order valence-electron chi connectivity index (χ1n) is 7.26. The summed E-state index contributed by atoms with van der Waals surface area (Å²) >= 11 is 1.25. The van der Waals surface area contributed by atoms with Crippen LogP contribution in [0.1, 0.15) is 32.5 Å². The van der Waals surface area contributed by atoms with E-state index < -0.39 is 17.4 Å². The number of hydrogen-bond acceptors (Lipinski definition) is 5. The highest BCUT2D eigenvalue weighted by atomic mass is 32.1. The lowest BCUT2D eigenvalue weighted by atomic mass is 10.2. The monoisotopic (exact) mass is 342 g/mol. The molecule has 6 nitrogen and oxygen atoms in total. The van der Waals surface area contributed by atoms with Crippen molar-refractivity contribution in [3.63, 3.8) is 0 Å². The van der Waals surface area contributed by atoms with Crippen LogP contribution in [0.5, 0.6) is 0 Å². The minimum atomic E-state index is -0.737. The van der Waals surface area contributed by atoms with Gasteiger partial charge in [0.2, 0.25) is 0 Å². The SMILES string of the molecule is CCc1cc(C(N)=O)c(NC(=O)c2cc3ccccc3oc2=O)s1. The number of benzene rings is 1. The van der Waals surface area contributed by atoms with Gasteiger partial charge in [0, 0.05) is 10.3 Å². The van der Waals surface area contributed by atoms with Crippen molar-refractivity contribution in [3.8, 4) is 0 Å². The van der Waals surface area contributed by atoms with E-state index in [0.29, 0.717) is 22.4 Å². The van der Waals surface area contributed by atoms with Crippen LogP contribution in [0, 0.1) is 0 Å². The normalized spacial score (nSPS) is 10.7. The Labute approximate surface area is 140 Å². The van der Waals surface area contributed by atoms with Crippen molar-refractivity contribution < 1.29 is 14.0 Å². The number of carbonyl (C=O) groups excluding carboxylic acids is 2. The van der Waals surface area contributed by atoms with Crippen LogP contribution in [0.25, 0.3) is 11.0 Å². The Balaban J connectivity index is 1.99. The minimum Gasteiger partial charge on any atom is -0.422 e. The smallest absolute Gasteiger partial charge is 0.349 e. The van der Waals surface area contributed by atoms with Crippen LogP contribution in [0.3, 0.4) is 0 Å². The van der Waals surface area contributed by atoms with Gasteiger partial charge in [-0.15, -0.1) is 11.3 Å². The summed E-state index contributed by atoms with van der Waals surface area (Å²) in [7, 11) is 0. The fraction of sp³-hybridized carbons (Fsp3) is 0.118. The second-order valence-electron chi connectivity index (χ2n) is 5.11. The van der Waals surface area contributed by atoms with Crippen molar-refractivity contribution in [2.24, 2.45) is 5.73 Å². The third-order valence-corrected chi connectivity index (χ3v) is 4.70. The number of nitrogens with two attached hydrogens (primary N) is 1. The van der Waals surface area contributed by atoms with Crippen LogP contribution in [0.4, 0.5) is 5.00 Å². The van der Waals surface area contributed by atoms with E-state index in [4.69, 9.17) is 10.2 Å². The molecule has 24 heavy (non-hydrogen) atoms.